The van der Waals surface area contributed by atoms with Crippen molar-refractivity contribution in [3.8, 4) is 0 Å². The number of anilines is 1. The second-order valence-electron chi connectivity index (χ2n) is 11.0. The highest BCUT2D eigenvalue weighted by molar-refractivity contribution is 6.04. The van der Waals surface area contributed by atoms with E-state index in [2.05, 4.69) is 38.0 Å². The second-order valence-corrected chi connectivity index (χ2v) is 11.0. The van der Waals surface area contributed by atoms with Gasteiger partial charge in [-0.05, 0) is 82.4 Å². The third-order valence-corrected chi connectivity index (χ3v) is 7.92. The lowest BCUT2D eigenvalue weighted by Gasteiger charge is -2.26. The van der Waals surface area contributed by atoms with Gasteiger partial charge in [-0.3, -0.25) is 24.8 Å². The van der Waals surface area contributed by atoms with E-state index in [4.69, 9.17) is 9.72 Å². The standard InChI is InChI=1S/C31H40N6O3/c1-5-8-29(38)36-13-7-6-9-25(19-36)37-28-11-10-23(18-35-14-12-26(20-35)40-4)17-27(28)33-31(37)34-30(39)24-15-21(2)32-22(3)16-24/h5,8,10-11,15-17,25-26H,6-7,9,12-14,18-20H2,1-4H3,(H,33,34,39)/t25?,26-/m0/s1. The van der Waals surface area contributed by atoms with Crippen molar-refractivity contribution in [2.45, 2.75) is 65.1 Å². The Labute approximate surface area is 236 Å². The van der Waals surface area contributed by atoms with Crippen LogP contribution in [-0.4, -0.2) is 75.5 Å². The summed E-state index contributed by atoms with van der Waals surface area (Å²) in [5.74, 6) is 0.313. The third kappa shape index (κ3) is 6.26. The zero-order chi connectivity index (χ0) is 28.2. The van der Waals surface area contributed by atoms with Crippen LogP contribution in [0.3, 0.4) is 0 Å². The number of carbonyl (C=O) groups excluding carboxylic acids is 2. The lowest BCUT2D eigenvalue weighted by Crippen LogP contribution is -2.34. The Balaban J connectivity index is 1.50. The molecule has 1 unspecified atom stereocenters. The van der Waals surface area contributed by atoms with E-state index in [1.807, 2.05) is 25.7 Å². The first-order valence-electron chi connectivity index (χ1n) is 14.3. The van der Waals surface area contributed by atoms with Gasteiger partial charge in [0.2, 0.25) is 11.9 Å². The van der Waals surface area contributed by atoms with Crippen LogP contribution < -0.4 is 5.32 Å². The van der Waals surface area contributed by atoms with E-state index in [0.717, 1.165) is 74.3 Å². The van der Waals surface area contributed by atoms with Crippen molar-refractivity contribution < 1.29 is 14.3 Å². The summed E-state index contributed by atoms with van der Waals surface area (Å²) in [4.78, 5) is 39.9. The maximum Gasteiger partial charge on any atom is 0.258 e. The van der Waals surface area contributed by atoms with Crippen LogP contribution in [0, 0.1) is 13.8 Å². The second kappa shape index (κ2) is 12.3. The predicted molar refractivity (Wildman–Crippen MR) is 156 cm³/mol. The number of ether oxygens (including phenoxy) is 1. The number of rotatable bonds is 7. The van der Waals surface area contributed by atoms with Gasteiger partial charge < -0.3 is 14.2 Å². The average molecular weight is 545 g/mol. The molecule has 2 aliphatic rings. The van der Waals surface area contributed by atoms with Gasteiger partial charge in [0.15, 0.2) is 0 Å². The van der Waals surface area contributed by atoms with Gasteiger partial charge in [0.25, 0.3) is 5.91 Å². The fraction of sp³-hybridized carbons (Fsp3) is 0.484. The van der Waals surface area contributed by atoms with Crippen LogP contribution in [0.4, 0.5) is 5.95 Å². The van der Waals surface area contributed by atoms with Gasteiger partial charge in [0.1, 0.15) is 0 Å². The maximum atomic E-state index is 13.4. The number of amides is 2. The van der Waals surface area contributed by atoms with Crippen LogP contribution >= 0.6 is 0 Å². The molecule has 2 atom stereocenters. The lowest BCUT2D eigenvalue weighted by molar-refractivity contribution is -0.126. The van der Waals surface area contributed by atoms with Crippen LogP contribution in [0.1, 0.15) is 66.0 Å². The molecular weight excluding hydrogens is 504 g/mol. The minimum atomic E-state index is -0.219. The molecule has 2 amide bonds. The number of methoxy groups -OCH3 is 1. The van der Waals surface area contributed by atoms with Gasteiger partial charge >= 0.3 is 0 Å². The van der Waals surface area contributed by atoms with Gasteiger partial charge in [-0.15, -0.1) is 0 Å². The number of benzene rings is 1. The molecule has 9 nitrogen and oxygen atoms in total. The van der Waals surface area contributed by atoms with E-state index in [1.165, 1.54) is 5.56 Å². The van der Waals surface area contributed by atoms with Crippen molar-refractivity contribution in [1.29, 1.82) is 0 Å². The summed E-state index contributed by atoms with van der Waals surface area (Å²) < 4.78 is 7.68. The molecule has 3 aromatic rings. The van der Waals surface area contributed by atoms with Crippen LogP contribution in [0.5, 0.6) is 0 Å². The number of likely N-dealkylation sites (tertiary alicyclic amines) is 2. The topological polar surface area (TPSA) is 92.6 Å². The van der Waals surface area contributed by atoms with E-state index < -0.39 is 0 Å². The molecule has 2 fully saturated rings. The molecule has 2 aromatic heterocycles. The van der Waals surface area contributed by atoms with Crippen molar-refractivity contribution in [1.82, 2.24) is 24.3 Å². The molecule has 0 spiro atoms. The number of pyridine rings is 1. The summed E-state index contributed by atoms with van der Waals surface area (Å²) in [6.45, 7) is 9.69. The van der Waals surface area contributed by atoms with E-state index in [0.29, 0.717) is 18.1 Å². The van der Waals surface area contributed by atoms with Crippen LogP contribution in [0.25, 0.3) is 11.0 Å². The first-order valence-corrected chi connectivity index (χ1v) is 14.3. The van der Waals surface area contributed by atoms with Gasteiger partial charge in [-0.1, -0.05) is 12.1 Å². The van der Waals surface area contributed by atoms with Crippen LogP contribution in [0.15, 0.2) is 42.5 Å². The molecule has 5 rings (SSSR count). The van der Waals surface area contributed by atoms with Gasteiger partial charge in [0, 0.05) is 56.8 Å². The third-order valence-electron chi connectivity index (χ3n) is 7.92. The number of fused-ring (bicyclic) bond motifs is 1. The summed E-state index contributed by atoms with van der Waals surface area (Å²) in [6.07, 6.45) is 7.59. The van der Waals surface area contributed by atoms with Gasteiger partial charge in [-0.25, -0.2) is 4.98 Å². The molecule has 1 aromatic carbocycles. The van der Waals surface area contributed by atoms with Crippen molar-refractivity contribution in [2.24, 2.45) is 0 Å². The Morgan fingerprint density at radius 1 is 1.05 bits per heavy atom. The maximum absolute atomic E-state index is 13.4. The highest BCUT2D eigenvalue weighted by Crippen LogP contribution is 2.31. The number of hydrogen-bond donors (Lipinski definition) is 1. The normalized spacial score (nSPS) is 20.4. The van der Waals surface area contributed by atoms with Crippen molar-refractivity contribution in [2.75, 3.05) is 38.6 Å². The molecule has 2 aliphatic heterocycles. The minimum absolute atomic E-state index is 0.00943. The Morgan fingerprint density at radius 3 is 2.58 bits per heavy atom. The summed E-state index contributed by atoms with van der Waals surface area (Å²) in [7, 11) is 1.78. The molecule has 0 saturated carbocycles. The smallest absolute Gasteiger partial charge is 0.258 e. The van der Waals surface area contributed by atoms with E-state index in [9.17, 15) is 9.59 Å². The number of carbonyl (C=O) groups is 2. The number of aromatic nitrogens is 3. The monoisotopic (exact) mass is 544 g/mol. The first-order chi connectivity index (χ1) is 19.3. The molecule has 2 saturated heterocycles. The van der Waals surface area contributed by atoms with Crippen molar-refractivity contribution in [3.63, 3.8) is 0 Å². The zero-order valence-corrected chi connectivity index (χ0v) is 24.0. The molecule has 1 N–H and O–H groups in total. The zero-order valence-electron chi connectivity index (χ0n) is 24.0. The first kappa shape index (κ1) is 28.0. The molecule has 0 radical (unpaired) electrons. The molecule has 0 aliphatic carbocycles. The molecule has 212 valence electrons. The quantitative estimate of drug-likeness (QED) is 0.436. The summed E-state index contributed by atoms with van der Waals surface area (Å²) in [5.41, 5.74) is 5.12. The Kier molecular flexibility index (Phi) is 8.61. The number of nitrogens with one attached hydrogen (secondary N) is 1. The Morgan fingerprint density at radius 2 is 1.85 bits per heavy atom. The fourth-order valence-corrected chi connectivity index (χ4v) is 6.01. The number of allylic oxidation sites excluding steroid dienone is 1. The van der Waals surface area contributed by atoms with E-state index in [-0.39, 0.29) is 24.0 Å². The van der Waals surface area contributed by atoms with Gasteiger partial charge in [-0.2, -0.15) is 0 Å². The summed E-state index contributed by atoms with van der Waals surface area (Å²) >= 11 is 0. The average Bonchev–Trinajstić information content (AvgIpc) is 3.43. The van der Waals surface area contributed by atoms with E-state index in [1.54, 1.807) is 31.4 Å². The predicted octanol–water partition coefficient (Wildman–Crippen LogP) is 4.65. The molecule has 9 heteroatoms. The fourth-order valence-electron chi connectivity index (χ4n) is 6.01. The molecular formula is C31H40N6O3. The number of hydrogen-bond acceptors (Lipinski definition) is 6. The lowest BCUT2D eigenvalue weighted by atomic mass is 10.1. The van der Waals surface area contributed by atoms with Crippen molar-refractivity contribution in [3.05, 3.63) is 65.0 Å². The van der Waals surface area contributed by atoms with E-state index >= 15 is 0 Å². The summed E-state index contributed by atoms with van der Waals surface area (Å²) in [6, 6.07) is 9.97. The van der Waals surface area contributed by atoms with Gasteiger partial charge in [0.05, 0.1) is 23.2 Å². The Bertz CT molecular complexity index is 1390. The number of aryl methyl sites for hydroxylation is 2. The number of imidazole rings is 1. The summed E-state index contributed by atoms with van der Waals surface area (Å²) in [5, 5.41) is 3.10. The van der Waals surface area contributed by atoms with Crippen LogP contribution in [-0.2, 0) is 16.1 Å². The largest absolute Gasteiger partial charge is 0.380 e. The molecule has 40 heavy (non-hydrogen) atoms. The highest BCUT2D eigenvalue weighted by Gasteiger charge is 2.27. The molecule has 0 bridgehead atoms. The van der Waals surface area contributed by atoms with Crippen LogP contribution in [0.2, 0.25) is 0 Å². The highest BCUT2D eigenvalue weighted by atomic mass is 16.5. The SMILES string of the molecule is CC=CC(=O)N1CCCCC(n2c(NC(=O)c3cc(C)nc(C)c3)nc3cc(CN4CC[C@H](OC)C4)ccc32)C1. The minimum Gasteiger partial charge on any atom is -0.380 e. The molecule has 4 heterocycles. The van der Waals surface area contributed by atoms with Crippen molar-refractivity contribution >= 4 is 28.8 Å². The number of nitrogens with zero attached hydrogens (tertiary/aromatic N) is 5. The Hall–Kier alpha value is -3.56.